The maximum Gasteiger partial charge on any atom is 0.339 e. The van der Waals surface area contributed by atoms with E-state index < -0.39 is 12.0 Å². The fourth-order valence-corrected chi connectivity index (χ4v) is 8.27. The Morgan fingerprint density at radius 3 is 2.48 bits per heavy atom. The highest BCUT2D eigenvalue weighted by Crippen LogP contribution is 2.40. The van der Waals surface area contributed by atoms with Gasteiger partial charge in [0.05, 0.1) is 31.4 Å². The average Bonchev–Trinajstić information content (AvgIpc) is 3.58. The summed E-state index contributed by atoms with van der Waals surface area (Å²) < 4.78 is 7.02. The molecule has 3 aliphatic heterocycles. The van der Waals surface area contributed by atoms with Crippen molar-refractivity contribution in [1.82, 2.24) is 24.6 Å². The number of aryl methyl sites for hydroxylation is 2. The lowest BCUT2D eigenvalue weighted by Gasteiger charge is -2.48. The van der Waals surface area contributed by atoms with E-state index in [1.54, 1.807) is 17.4 Å². The number of nitrogens with two attached hydrogens (primary N) is 1. The van der Waals surface area contributed by atoms with Crippen LogP contribution in [0.15, 0.2) is 47.5 Å². The molecule has 258 valence electrons. The predicted molar refractivity (Wildman–Crippen MR) is 196 cm³/mol. The summed E-state index contributed by atoms with van der Waals surface area (Å²) >= 11 is 7.95. The van der Waals surface area contributed by atoms with E-state index in [0.29, 0.717) is 41.1 Å². The van der Waals surface area contributed by atoms with Gasteiger partial charge in [0.1, 0.15) is 16.9 Å². The van der Waals surface area contributed by atoms with Gasteiger partial charge in [-0.15, -0.1) is 21.5 Å². The quantitative estimate of drug-likeness (QED) is 0.232. The Labute approximate surface area is 300 Å². The number of carbonyl (C=O) groups is 2. The van der Waals surface area contributed by atoms with Crippen molar-refractivity contribution in [3.8, 4) is 16.8 Å². The number of nitrogens with zero attached hydrogens (tertiary/aromatic N) is 7. The Morgan fingerprint density at radius 1 is 1.04 bits per heavy atom. The molecular weight excluding hydrogens is 672 g/mol. The maximum absolute atomic E-state index is 13.8. The minimum Gasteiger partial charge on any atom is -0.465 e. The molecule has 2 N–H and O–H groups in total. The van der Waals surface area contributed by atoms with Gasteiger partial charge in [-0.25, -0.2) is 4.79 Å². The van der Waals surface area contributed by atoms with Crippen molar-refractivity contribution in [2.45, 2.75) is 39.3 Å². The summed E-state index contributed by atoms with van der Waals surface area (Å²) in [5, 5.41) is 10.7. The van der Waals surface area contributed by atoms with Crippen molar-refractivity contribution >= 4 is 46.2 Å². The highest BCUT2D eigenvalue weighted by atomic mass is 35.5. The Balaban J connectivity index is 1.03. The number of piperazine rings is 1. The SMILES string of the molecule is COC(=O)c1ccc(N2CCN(C3CN(C(=O)C[C@@H]4N=C(c5ccc(Cl)cc5)c5c(sc(C)c5C)-n5c(C)nnc54)C3)CC2)cc1C#CCN. The number of esters is 1. The van der Waals surface area contributed by atoms with Crippen LogP contribution in [0.5, 0.6) is 0 Å². The Bertz CT molecular complexity index is 2050. The van der Waals surface area contributed by atoms with Gasteiger partial charge < -0.3 is 20.3 Å². The number of rotatable bonds is 6. The molecule has 0 spiro atoms. The van der Waals surface area contributed by atoms with Crippen LogP contribution < -0.4 is 10.6 Å². The normalized spacial score (nSPS) is 17.6. The number of likely N-dealkylation sites (tertiary alicyclic amines) is 1. The molecule has 13 heteroatoms. The average molecular weight is 711 g/mol. The molecule has 11 nitrogen and oxygen atoms in total. The summed E-state index contributed by atoms with van der Waals surface area (Å²) in [7, 11) is 1.36. The molecule has 1 atom stereocenters. The molecule has 0 radical (unpaired) electrons. The van der Waals surface area contributed by atoms with E-state index in [1.165, 1.54) is 12.0 Å². The van der Waals surface area contributed by atoms with E-state index >= 15 is 0 Å². The summed E-state index contributed by atoms with van der Waals surface area (Å²) in [5.74, 6) is 6.97. The van der Waals surface area contributed by atoms with Crippen LogP contribution in [-0.4, -0.2) is 101 Å². The smallest absolute Gasteiger partial charge is 0.339 e. The van der Waals surface area contributed by atoms with Crippen LogP contribution in [0.4, 0.5) is 5.69 Å². The summed E-state index contributed by atoms with van der Waals surface area (Å²) in [5.41, 5.74) is 11.7. The molecule has 2 aromatic carbocycles. The van der Waals surface area contributed by atoms with Gasteiger partial charge in [0.25, 0.3) is 0 Å². The molecule has 50 heavy (non-hydrogen) atoms. The van der Waals surface area contributed by atoms with Crippen LogP contribution >= 0.6 is 22.9 Å². The Kier molecular flexibility index (Phi) is 9.50. The third kappa shape index (κ3) is 6.31. The third-order valence-corrected chi connectivity index (χ3v) is 11.3. The number of halogens is 1. The summed E-state index contributed by atoms with van der Waals surface area (Å²) in [6, 6.07) is 13.2. The highest BCUT2D eigenvalue weighted by molar-refractivity contribution is 7.15. The van der Waals surface area contributed by atoms with Gasteiger partial charge in [0.15, 0.2) is 5.82 Å². The molecule has 2 aromatic heterocycles. The van der Waals surface area contributed by atoms with Gasteiger partial charge in [-0.05, 0) is 56.7 Å². The minimum absolute atomic E-state index is 0.0614. The van der Waals surface area contributed by atoms with Gasteiger partial charge in [-0.2, -0.15) is 0 Å². The zero-order valence-electron chi connectivity index (χ0n) is 28.6. The first-order valence-electron chi connectivity index (χ1n) is 16.7. The van der Waals surface area contributed by atoms with Crippen LogP contribution in [0.25, 0.3) is 5.00 Å². The van der Waals surface area contributed by atoms with Gasteiger partial charge >= 0.3 is 5.97 Å². The first kappa shape index (κ1) is 33.9. The largest absolute Gasteiger partial charge is 0.465 e. The number of hydrogen-bond donors (Lipinski definition) is 1. The lowest BCUT2D eigenvalue weighted by molar-refractivity contribution is -0.139. The van der Waals surface area contributed by atoms with Gasteiger partial charge in [-0.3, -0.25) is 19.3 Å². The van der Waals surface area contributed by atoms with Crippen molar-refractivity contribution in [3.05, 3.63) is 91.8 Å². The fraction of sp³-hybridized carbons (Fsp3) is 0.378. The fourth-order valence-electron chi connectivity index (χ4n) is 6.93. The number of methoxy groups -OCH3 is 1. The van der Waals surface area contributed by atoms with E-state index in [1.807, 2.05) is 48.2 Å². The van der Waals surface area contributed by atoms with Gasteiger partial charge in [0, 0.05) is 77.6 Å². The van der Waals surface area contributed by atoms with Crippen molar-refractivity contribution in [3.63, 3.8) is 0 Å². The molecule has 1 amide bonds. The number of anilines is 1. The molecule has 0 aliphatic carbocycles. The molecule has 3 aliphatic rings. The van der Waals surface area contributed by atoms with Crippen LogP contribution in [0.2, 0.25) is 5.02 Å². The number of hydrogen-bond acceptors (Lipinski definition) is 10. The standard InChI is InChI=1S/C37H39ClN8O3S/c1-22-23(2)50-36-33(22)34(25-7-9-27(38)10-8-25)40-31(35-42-41-24(3)46(35)36)19-32(47)45-20-29(21-45)44-16-14-43(15-17-44)28-11-12-30(37(48)49-4)26(18-28)6-5-13-39/h7-12,18,29,31H,13-17,19-21,39H2,1-4H3/t31-/m0/s1. The maximum atomic E-state index is 13.8. The van der Waals surface area contributed by atoms with Gasteiger partial charge in [0.2, 0.25) is 5.91 Å². The number of fused-ring (bicyclic) bond motifs is 3. The van der Waals surface area contributed by atoms with E-state index in [4.69, 9.17) is 27.1 Å². The summed E-state index contributed by atoms with van der Waals surface area (Å²) in [6.45, 7) is 11.2. The Morgan fingerprint density at radius 2 is 1.78 bits per heavy atom. The monoisotopic (exact) mass is 710 g/mol. The zero-order chi connectivity index (χ0) is 35.1. The number of ether oxygens (including phenoxy) is 1. The molecule has 4 aromatic rings. The lowest BCUT2D eigenvalue weighted by Crippen LogP contribution is -2.64. The van der Waals surface area contributed by atoms with E-state index in [2.05, 4.69) is 50.3 Å². The molecular formula is C37H39ClN8O3S. The van der Waals surface area contributed by atoms with Crippen molar-refractivity contribution in [1.29, 1.82) is 0 Å². The molecule has 0 saturated carbocycles. The number of carbonyl (C=O) groups excluding carboxylic acids is 2. The number of aliphatic imine (C=N–C) groups is 1. The van der Waals surface area contributed by atoms with E-state index in [0.717, 1.165) is 65.1 Å². The second kappa shape index (κ2) is 14.0. The number of thiophene rings is 1. The van der Waals surface area contributed by atoms with Crippen LogP contribution in [0.3, 0.4) is 0 Å². The van der Waals surface area contributed by atoms with Crippen LogP contribution in [-0.2, 0) is 9.53 Å². The number of amides is 1. The van der Waals surface area contributed by atoms with Crippen molar-refractivity contribution in [2.24, 2.45) is 10.7 Å². The molecule has 7 rings (SSSR count). The second-order valence-electron chi connectivity index (χ2n) is 12.8. The topological polar surface area (TPSA) is 122 Å². The first-order valence-corrected chi connectivity index (χ1v) is 17.9. The summed E-state index contributed by atoms with van der Waals surface area (Å²) in [6.07, 6.45) is 0.208. The second-order valence-corrected chi connectivity index (χ2v) is 14.5. The van der Waals surface area contributed by atoms with Gasteiger partial charge in [-0.1, -0.05) is 35.6 Å². The molecule has 2 saturated heterocycles. The predicted octanol–water partition coefficient (Wildman–Crippen LogP) is 4.32. The van der Waals surface area contributed by atoms with Crippen molar-refractivity contribution in [2.75, 3.05) is 57.8 Å². The minimum atomic E-state index is -0.485. The molecule has 0 bridgehead atoms. The van der Waals surface area contributed by atoms with Crippen LogP contribution in [0.1, 0.15) is 61.6 Å². The highest BCUT2D eigenvalue weighted by Gasteiger charge is 2.39. The summed E-state index contributed by atoms with van der Waals surface area (Å²) in [4.78, 5) is 39.2. The molecule has 2 fully saturated rings. The van der Waals surface area contributed by atoms with E-state index in [-0.39, 0.29) is 18.9 Å². The zero-order valence-corrected chi connectivity index (χ0v) is 30.1. The van der Waals surface area contributed by atoms with E-state index in [9.17, 15) is 9.59 Å². The molecule has 5 heterocycles. The number of benzene rings is 2. The molecule has 0 unspecified atom stereocenters. The van der Waals surface area contributed by atoms with Crippen LogP contribution in [0, 0.1) is 32.6 Å². The third-order valence-electron chi connectivity index (χ3n) is 9.87. The Hall–Kier alpha value is -4.54. The lowest BCUT2D eigenvalue weighted by atomic mass is 9.99. The first-order chi connectivity index (χ1) is 24.2. The van der Waals surface area contributed by atoms with Crippen molar-refractivity contribution < 1.29 is 14.3 Å². The number of aromatic nitrogens is 3.